The number of hydrogen-bond donors (Lipinski definition) is 2. The van der Waals surface area contributed by atoms with Crippen LogP contribution in [0.5, 0.6) is 0 Å². The molecule has 1 rings (SSSR count). The molecule has 0 saturated carbocycles. The summed E-state index contributed by atoms with van der Waals surface area (Å²) >= 11 is 0. The Hall–Kier alpha value is -0.650. The van der Waals surface area contributed by atoms with Crippen molar-refractivity contribution in [3.63, 3.8) is 0 Å². The molecule has 0 radical (unpaired) electrons. The molecule has 0 bridgehead atoms. The summed E-state index contributed by atoms with van der Waals surface area (Å²) in [7, 11) is 0. The van der Waals surface area contributed by atoms with Crippen molar-refractivity contribution >= 4 is 5.97 Å². The zero-order chi connectivity index (χ0) is 11.3. The van der Waals surface area contributed by atoms with Crippen LogP contribution in [0.4, 0.5) is 0 Å². The minimum absolute atomic E-state index is 0.0157. The van der Waals surface area contributed by atoms with Crippen molar-refractivity contribution in [2.45, 2.75) is 26.6 Å². The number of hydrogen-bond acceptors (Lipinski definition) is 4. The van der Waals surface area contributed by atoms with Gasteiger partial charge in [0.25, 0.3) is 0 Å². The van der Waals surface area contributed by atoms with Crippen molar-refractivity contribution < 1.29 is 19.4 Å². The van der Waals surface area contributed by atoms with Gasteiger partial charge in [-0.2, -0.15) is 0 Å². The van der Waals surface area contributed by atoms with Crippen molar-refractivity contribution in [3.05, 3.63) is 0 Å². The van der Waals surface area contributed by atoms with Crippen LogP contribution in [0.1, 0.15) is 20.3 Å². The highest BCUT2D eigenvalue weighted by Gasteiger charge is 2.27. The summed E-state index contributed by atoms with van der Waals surface area (Å²) in [5, 5.41) is 11.2. The molecular weight excluding hydrogens is 198 g/mol. The molecule has 15 heavy (non-hydrogen) atoms. The molecule has 1 heterocycles. The minimum atomic E-state index is -0.846. The molecule has 1 aliphatic heterocycles. The van der Waals surface area contributed by atoms with Crippen molar-refractivity contribution in [1.82, 2.24) is 5.32 Å². The molecule has 1 aliphatic rings. The van der Waals surface area contributed by atoms with Crippen LogP contribution in [-0.4, -0.2) is 43.7 Å². The molecule has 0 aromatic carbocycles. The van der Waals surface area contributed by atoms with Gasteiger partial charge in [-0.05, 0) is 0 Å². The van der Waals surface area contributed by atoms with Gasteiger partial charge < -0.3 is 19.9 Å². The maximum absolute atomic E-state index is 10.2. The van der Waals surface area contributed by atoms with Gasteiger partial charge in [0.05, 0.1) is 19.8 Å². The highest BCUT2D eigenvalue weighted by molar-refractivity contribution is 5.68. The van der Waals surface area contributed by atoms with E-state index in [4.69, 9.17) is 14.6 Å². The number of carboxylic acid groups (broad SMARTS) is 1. The molecule has 0 aromatic heterocycles. The predicted molar refractivity (Wildman–Crippen MR) is 54.6 cm³/mol. The summed E-state index contributed by atoms with van der Waals surface area (Å²) in [6, 6.07) is 0. The Kier molecular flexibility index (Phi) is 4.50. The Bertz CT molecular complexity index is 207. The average molecular weight is 217 g/mol. The molecule has 5 heteroatoms. The molecule has 1 saturated heterocycles. The Labute approximate surface area is 89.8 Å². The van der Waals surface area contributed by atoms with Crippen LogP contribution in [-0.2, 0) is 14.3 Å². The molecule has 1 fully saturated rings. The van der Waals surface area contributed by atoms with Gasteiger partial charge in [0.2, 0.25) is 0 Å². The van der Waals surface area contributed by atoms with E-state index in [0.717, 1.165) is 0 Å². The molecule has 0 aliphatic carbocycles. The van der Waals surface area contributed by atoms with E-state index in [1.165, 1.54) is 0 Å². The monoisotopic (exact) mass is 217 g/mol. The van der Waals surface area contributed by atoms with E-state index >= 15 is 0 Å². The van der Waals surface area contributed by atoms with Gasteiger partial charge in [-0.25, -0.2) is 0 Å². The Morgan fingerprint density at radius 1 is 1.47 bits per heavy atom. The summed E-state index contributed by atoms with van der Waals surface area (Å²) in [5.41, 5.74) is 0.0883. The van der Waals surface area contributed by atoms with Gasteiger partial charge in [-0.15, -0.1) is 0 Å². The Balaban J connectivity index is 2.06. The Morgan fingerprint density at radius 3 is 2.60 bits per heavy atom. The number of rotatable bonds is 5. The van der Waals surface area contributed by atoms with Crippen molar-refractivity contribution in [3.8, 4) is 0 Å². The SMILES string of the molecule is CC1(C)COC(CCNCC(=O)O)OC1. The van der Waals surface area contributed by atoms with Crippen LogP contribution in [0.3, 0.4) is 0 Å². The smallest absolute Gasteiger partial charge is 0.317 e. The third kappa shape index (κ3) is 5.11. The van der Waals surface area contributed by atoms with Gasteiger partial charge in [-0.1, -0.05) is 13.8 Å². The van der Waals surface area contributed by atoms with E-state index in [1.54, 1.807) is 0 Å². The van der Waals surface area contributed by atoms with Crippen LogP contribution < -0.4 is 5.32 Å². The maximum atomic E-state index is 10.2. The number of aliphatic carboxylic acids is 1. The van der Waals surface area contributed by atoms with Gasteiger partial charge in [0, 0.05) is 18.4 Å². The van der Waals surface area contributed by atoms with E-state index in [2.05, 4.69) is 19.2 Å². The first-order chi connectivity index (χ1) is 6.99. The van der Waals surface area contributed by atoms with Crippen molar-refractivity contribution in [1.29, 1.82) is 0 Å². The number of nitrogens with one attached hydrogen (secondary N) is 1. The van der Waals surface area contributed by atoms with E-state index in [1.807, 2.05) is 0 Å². The van der Waals surface area contributed by atoms with E-state index in [0.29, 0.717) is 26.2 Å². The predicted octanol–water partition coefficient (Wildman–Crippen LogP) is 0.450. The maximum Gasteiger partial charge on any atom is 0.317 e. The quantitative estimate of drug-likeness (QED) is 0.654. The minimum Gasteiger partial charge on any atom is -0.480 e. The normalized spacial score (nSPS) is 21.5. The first kappa shape index (κ1) is 12.4. The van der Waals surface area contributed by atoms with Crippen LogP contribution in [0.15, 0.2) is 0 Å². The molecule has 0 amide bonds. The lowest BCUT2D eigenvalue weighted by Gasteiger charge is -2.34. The van der Waals surface area contributed by atoms with Crippen LogP contribution in [0, 0.1) is 5.41 Å². The zero-order valence-corrected chi connectivity index (χ0v) is 9.28. The van der Waals surface area contributed by atoms with E-state index < -0.39 is 5.97 Å². The number of ether oxygens (including phenoxy) is 2. The van der Waals surface area contributed by atoms with Gasteiger partial charge in [0.15, 0.2) is 6.29 Å². The summed E-state index contributed by atoms with van der Waals surface area (Å²) in [4.78, 5) is 10.2. The standard InChI is InChI=1S/C10H19NO4/c1-10(2)6-14-9(15-7-10)3-4-11-5-8(12)13/h9,11H,3-7H2,1-2H3,(H,12,13). The lowest BCUT2D eigenvalue weighted by Crippen LogP contribution is -2.39. The number of carboxylic acids is 1. The summed E-state index contributed by atoms with van der Waals surface area (Å²) in [6.07, 6.45) is 0.489. The second-order valence-corrected chi connectivity index (χ2v) is 4.57. The summed E-state index contributed by atoms with van der Waals surface area (Å²) in [5.74, 6) is -0.846. The van der Waals surface area contributed by atoms with Gasteiger partial charge >= 0.3 is 5.97 Å². The first-order valence-corrected chi connectivity index (χ1v) is 5.15. The third-order valence-corrected chi connectivity index (χ3v) is 2.15. The molecular formula is C10H19NO4. The fourth-order valence-electron chi connectivity index (χ4n) is 1.31. The van der Waals surface area contributed by atoms with Crippen molar-refractivity contribution in [2.24, 2.45) is 5.41 Å². The van der Waals surface area contributed by atoms with Crippen LogP contribution in [0.2, 0.25) is 0 Å². The second-order valence-electron chi connectivity index (χ2n) is 4.57. The third-order valence-electron chi connectivity index (χ3n) is 2.15. The highest BCUT2D eigenvalue weighted by atomic mass is 16.7. The lowest BCUT2D eigenvalue weighted by atomic mass is 9.95. The van der Waals surface area contributed by atoms with E-state index in [-0.39, 0.29) is 18.2 Å². The molecule has 88 valence electrons. The first-order valence-electron chi connectivity index (χ1n) is 5.15. The van der Waals surface area contributed by atoms with Crippen LogP contribution >= 0.6 is 0 Å². The van der Waals surface area contributed by atoms with E-state index in [9.17, 15) is 4.79 Å². The molecule has 0 spiro atoms. The lowest BCUT2D eigenvalue weighted by molar-refractivity contribution is -0.223. The topological polar surface area (TPSA) is 67.8 Å². The fourth-order valence-corrected chi connectivity index (χ4v) is 1.31. The zero-order valence-electron chi connectivity index (χ0n) is 9.28. The van der Waals surface area contributed by atoms with Gasteiger partial charge in [0.1, 0.15) is 0 Å². The van der Waals surface area contributed by atoms with Gasteiger partial charge in [-0.3, -0.25) is 4.79 Å². The number of carbonyl (C=O) groups is 1. The van der Waals surface area contributed by atoms with Crippen LogP contribution in [0.25, 0.3) is 0 Å². The molecule has 0 unspecified atom stereocenters. The Morgan fingerprint density at radius 2 is 2.07 bits per heavy atom. The highest BCUT2D eigenvalue weighted by Crippen LogP contribution is 2.23. The second kappa shape index (κ2) is 5.44. The summed E-state index contributed by atoms with van der Waals surface area (Å²) < 4.78 is 11.0. The van der Waals surface area contributed by atoms with Crippen molar-refractivity contribution in [2.75, 3.05) is 26.3 Å². The molecule has 5 nitrogen and oxygen atoms in total. The summed E-state index contributed by atoms with van der Waals surface area (Å²) in [6.45, 7) is 6.14. The average Bonchev–Trinajstić information content (AvgIpc) is 2.14. The molecule has 0 aromatic rings. The molecule has 0 atom stereocenters. The molecule has 2 N–H and O–H groups in total. The fraction of sp³-hybridized carbons (Fsp3) is 0.900. The largest absolute Gasteiger partial charge is 0.480 e.